The molecule has 2 rings (SSSR count). The van der Waals surface area contributed by atoms with Crippen molar-refractivity contribution in [2.45, 2.75) is 18.0 Å². The summed E-state index contributed by atoms with van der Waals surface area (Å²) in [5, 5.41) is 12.0. The monoisotopic (exact) mass is 391 g/mol. The zero-order valence-electron chi connectivity index (χ0n) is 13.5. The lowest BCUT2D eigenvalue weighted by atomic mass is 10.2. The minimum Gasteiger partial charge on any atom is -0.475 e. The first-order chi connectivity index (χ1) is 11.9. The van der Waals surface area contributed by atoms with Gasteiger partial charge >= 0.3 is 12.1 Å². The molecule has 0 aromatic heterocycles. The molecule has 0 atom stereocenters. The van der Waals surface area contributed by atoms with Crippen molar-refractivity contribution in [1.82, 2.24) is 0 Å². The summed E-state index contributed by atoms with van der Waals surface area (Å²) < 4.78 is 53.0. The number of ketones is 1. The van der Waals surface area contributed by atoms with Crippen molar-refractivity contribution in [3.05, 3.63) is 66.2 Å². The second-order valence-corrected chi connectivity index (χ2v) is 6.14. The Kier molecular flexibility index (Phi) is 9.23. The van der Waals surface area contributed by atoms with Gasteiger partial charge in [-0.05, 0) is 19.1 Å². The van der Waals surface area contributed by atoms with Crippen molar-refractivity contribution >= 4 is 21.8 Å². The Hall–Kier alpha value is -2.72. The molecule has 0 radical (unpaired) electrons. The number of hydrogen-bond acceptors (Lipinski definition) is 4. The Morgan fingerprint density at radius 3 is 1.46 bits per heavy atom. The molecule has 0 amide bonds. The molecule has 0 saturated heterocycles. The number of carboxylic acids is 1. The molecule has 0 bridgehead atoms. The van der Waals surface area contributed by atoms with Gasteiger partial charge in [-0.25, -0.2) is 18.4 Å². The van der Waals surface area contributed by atoms with Crippen LogP contribution in [0.2, 0.25) is 0 Å². The second-order valence-electron chi connectivity index (χ2n) is 4.58. The van der Waals surface area contributed by atoms with E-state index in [1.165, 1.54) is 12.1 Å². The van der Waals surface area contributed by atoms with Crippen molar-refractivity contribution in [2.24, 2.45) is 5.14 Å². The van der Waals surface area contributed by atoms with Gasteiger partial charge in [0.2, 0.25) is 10.0 Å². The maximum Gasteiger partial charge on any atom is 0.490 e. The molecular formula is C16H16F3NO5S. The van der Waals surface area contributed by atoms with Gasteiger partial charge in [-0.2, -0.15) is 13.2 Å². The SMILES string of the molecule is CC(=O)c1ccccc1.NS(=O)(=O)c1ccccc1.O=C(O)C(F)(F)F. The van der Waals surface area contributed by atoms with E-state index in [-0.39, 0.29) is 10.7 Å². The lowest BCUT2D eigenvalue weighted by Crippen LogP contribution is -2.21. The number of rotatable bonds is 2. The van der Waals surface area contributed by atoms with Crippen LogP contribution in [0.1, 0.15) is 17.3 Å². The fraction of sp³-hybridized carbons (Fsp3) is 0.125. The second kappa shape index (κ2) is 10.3. The Labute approximate surface area is 148 Å². The third kappa shape index (κ3) is 10.2. The van der Waals surface area contributed by atoms with Gasteiger partial charge in [0.05, 0.1) is 4.90 Å². The number of halogens is 3. The van der Waals surface area contributed by atoms with E-state index in [1.807, 2.05) is 30.3 Å². The van der Waals surface area contributed by atoms with Crippen molar-refractivity contribution in [2.75, 3.05) is 0 Å². The van der Waals surface area contributed by atoms with E-state index in [0.717, 1.165) is 5.56 Å². The third-order valence-electron chi connectivity index (χ3n) is 2.49. The van der Waals surface area contributed by atoms with Crippen LogP contribution in [0, 0.1) is 0 Å². The van der Waals surface area contributed by atoms with Crippen molar-refractivity contribution < 1.29 is 36.3 Å². The van der Waals surface area contributed by atoms with Crippen molar-refractivity contribution in [3.8, 4) is 0 Å². The molecule has 26 heavy (non-hydrogen) atoms. The van der Waals surface area contributed by atoms with Crippen LogP contribution >= 0.6 is 0 Å². The number of Topliss-reactive ketones (excluding diaryl/α,β-unsaturated/α-hetero) is 1. The highest BCUT2D eigenvalue weighted by Crippen LogP contribution is 2.13. The van der Waals surface area contributed by atoms with Crippen LogP contribution in [0.4, 0.5) is 13.2 Å². The van der Waals surface area contributed by atoms with Gasteiger partial charge in [-0.1, -0.05) is 48.5 Å². The number of primary sulfonamides is 1. The van der Waals surface area contributed by atoms with E-state index in [2.05, 4.69) is 0 Å². The minimum absolute atomic E-state index is 0.121. The van der Waals surface area contributed by atoms with E-state index in [1.54, 1.807) is 25.1 Å². The number of nitrogens with two attached hydrogens (primary N) is 1. The molecule has 0 spiro atoms. The molecule has 2 aromatic rings. The molecule has 142 valence electrons. The molecule has 0 fully saturated rings. The molecule has 0 heterocycles. The van der Waals surface area contributed by atoms with E-state index < -0.39 is 22.2 Å². The first kappa shape index (κ1) is 23.3. The van der Waals surface area contributed by atoms with Crippen LogP contribution in [-0.4, -0.2) is 31.5 Å². The molecule has 10 heteroatoms. The lowest BCUT2D eigenvalue weighted by Gasteiger charge is -1.93. The number of alkyl halides is 3. The molecule has 0 saturated carbocycles. The van der Waals surface area contributed by atoms with E-state index in [4.69, 9.17) is 15.0 Å². The Bertz CT molecular complexity index is 807. The number of sulfonamides is 1. The number of carbonyl (C=O) groups excluding carboxylic acids is 1. The highest BCUT2D eigenvalue weighted by atomic mass is 32.2. The van der Waals surface area contributed by atoms with Gasteiger partial charge in [0.1, 0.15) is 0 Å². The molecule has 2 aromatic carbocycles. The van der Waals surface area contributed by atoms with Crippen LogP contribution in [0.5, 0.6) is 0 Å². The standard InChI is InChI=1S/C8H8O.C6H7NO2S.C2HF3O2/c1-7(9)8-5-3-2-4-6-8;7-10(8,9)6-4-2-1-3-5-6;3-2(4,5)1(6)7/h2-6H,1H3;1-5H,(H2,7,8,9);(H,6,7). The van der Waals surface area contributed by atoms with Gasteiger partial charge in [0.25, 0.3) is 0 Å². The molecule has 0 aliphatic heterocycles. The molecule has 0 unspecified atom stereocenters. The Balaban J connectivity index is 0.000000368. The highest BCUT2D eigenvalue weighted by molar-refractivity contribution is 7.89. The Morgan fingerprint density at radius 2 is 1.27 bits per heavy atom. The minimum atomic E-state index is -5.08. The zero-order valence-corrected chi connectivity index (χ0v) is 14.3. The Morgan fingerprint density at radius 1 is 0.923 bits per heavy atom. The van der Waals surface area contributed by atoms with E-state index >= 15 is 0 Å². The van der Waals surface area contributed by atoms with Crippen molar-refractivity contribution in [1.29, 1.82) is 0 Å². The van der Waals surface area contributed by atoms with Gasteiger partial charge < -0.3 is 5.11 Å². The summed E-state index contributed by atoms with van der Waals surface area (Å²) in [6.07, 6.45) is -5.08. The number of benzene rings is 2. The fourth-order valence-electron chi connectivity index (χ4n) is 1.28. The quantitative estimate of drug-likeness (QED) is 0.764. The zero-order chi connectivity index (χ0) is 20.4. The summed E-state index contributed by atoms with van der Waals surface area (Å²) in [6.45, 7) is 1.56. The number of aliphatic carboxylic acids is 1. The summed E-state index contributed by atoms with van der Waals surface area (Å²) >= 11 is 0. The van der Waals surface area contributed by atoms with Crippen LogP contribution < -0.4 is 5.14 Å². The van der Waals surface area contributed by atoms with E-state index in [9.17, 15) is 26.4 Å². The number of carbonyl (C=O) groups is 2. The topological polar surface area (TPSA) is 115 Å². The molecule has 6 nitrogen and oxygen atoms in total. The third-order valence-corrected chi connectivity index (χ3v) is 3.42. The summed E-state index contributed by atoms with van der Waals surface area (Å²) in [5.41, 5.74) is 0.775. The molecular weight excluding hydrogens is 375 g/mol. The van der Waals surface area contributed by atoms with Crippen LogP contribution in [0.25, 0.3) is 0 Å². The molecule has 0 aliphatic carbocycles. The predicted molar refractivity (Wildman–Crippen MR) is 88.0 cm³/mol. The first-order valence-electron chi connectivity index (χ1n) is 6.79. The van der Waals surface area contributed by atoms with Gasteiger partial charge in [0.15, 0.2) is 5.78 Å². The number of hydrogen-bond donors (Lipinski definition) is 2. The van der Waals surface area contributed by atoms with Crippen LogP contribution in [0.15, 0.2) is 65.6 Å². The maximum absolute atomic E-state index is 10.6. The average Bonchev–Trinajstić information content (AvgIpc) is 2.56. The molecule has 0 aliphatic rings. The number of carboxylic acid groups (broad SMARTS) is 1. The molecule has 3 N–H and O–H groups in total. The normalized spacial score (nSPS) is 10.5. The lowest BCUT2D eigenvalue weighted by molar-refractivity contribution is -0.192. The van der Waals surface area contributed by atoms with Crippen LogP contribution in [0.3, 0.4) is 0 Å². The summed E-state index contributed by atoms with van der Waals surface area (Å²) in [7, 11) is -3.50. The average molecular weight is 391 g/mol. The first-order valence-corrected chi connectivity index (χ1v) is 8.34. The highest BCUT2D eigenvalue weighted by Gasteiger charge is 2.38. The fourth-order valence-corrected chi connectivity index (χ4v) is 1.82. The maximum atomic E-state index is 10.6. The largest absolute Gasteiger partial charge is 0.490 e. The van der Waals surface area contributed by atoms with Gasteiger partial charge in [-0.3, -0.25) is 4.79 Å². The van der Waals surface area contributed by atoms with Crippen molar-refractivity contribution in [3.63, 3.8) is 0 Å². The summed E-state index contributed by atoms with van der Waals surface area (Å²) in [6, 6.07) is 17.1. The van der Waals surface area contributed by atoms with Gasteiger partial charge in [0, 0.05) is 5.56 Å². The van der Waals surface area contributed by atoms with Gasteiger partial charge in [-0.15, -0.1) is 0 Å². The predicted octanol–water partition coefficient (Wildman–Crippen LogP) is 2.86. The summed E-state index contributed by atoms with van der Waals surface area (Å²) in [4.78, 5) is 19.7. The summed E-state index contributed by atoms with van der Waals surface area (Å²) in [5.74, 6) is -2.64. The van der Waals surface area contributed by atoms with Crippen LogP contribution in [-0.2, 0) is 14.8 Å². The smallest absolute Gasteiger partial charge is 0.475 e. The van der Waals surface area contributed by atoms with E-state index in [0.29, 0.717) is 0 Å².